The van der Waals surface area contributed by atoms with Crippen LogP contribution in [0.15, 0.2) is 58.5 Å². The normalized spacial score (nSPS) is 10.5. The molecule has 118 valence electrons. The number of thioether (sulfide) groups is 1. The molecule has 0 atom stereocenters. The highest BCUT2D eigenvalue weighted by Gasteiger charge is 2.04. The molecular formula is C17H17N3O2S. The van der Waals surface area contributed by atoms with Crippen molar-refractivity contribution in [3.05, 3.63) is 59.7 Å². The zero-order valence-corrected chi connectivity index (χ0v) is 13.7. The Labute approximate surface area is 139 Å². The Kier molecular flexibility index (Phi) is 5.94. The summed E-state index contributed by atoms with van der Waals surface area (Å²) in [6, 6.07) is 14.5. The van der Waals surface area contributed by atoms with Gasteiger partial charge in [-0.25, -0.2) is 5.43 Å². The Balaban J connectivity index is 1.93. The van der Waals surface area contributed by atoms with E-state index in [1.807, 2.05) is 30.5 Å². The molecule has 0 unspecified atom stereocenters. The van der Waals surface area contributed by atoms with E-state index in [4.69, 9.17) is 0 Å². The number of nitrogens with one attached hydrogen (secondary N) is 2. The highest BCUT2D eigenvalue weighted by molar-refractivity contribution is 7.98. The van der Waals surface area contributed by atoms with Crippen LogP contribution in [0.2, 0.25) is 0 Å². The fourth-order valence-corrected chi connectivity index (χ4v) is 2.24. The van der Waals surface area contributed by atoms with Crippen molar-refractivity contribution in [2.75, 3.05) is 11.6 Å². The smallest absolute Gasteiger partial charge is 0.271 e. The molecular weight excluding hydrogens is 310 g/mol. The van der Waals surface area contributed by atoms with Gasteiger partial charge in [-0.2, -0.15) is 5.10 Å². The molecule has 2 amide bonds. The van der Waals surface area contributed by atoms with E-state index in [1.165, 1.54) is 11.8 Å². The van der Waals surface area contributed by atoms with Gasteiger partial charge in [0.2, 0.25) is 5.91 Å². The second kappa shape index (κ2) is 8.14. The molecule has 2 rings (SSSR count). The molecule has 0 bridgehead atoms. The molecule has 5 nitrogen and oxygen atoms in total. The topological polar surface area (TPSA) is 70.6 Å². The number of hydrogen-bond acceptors (Lipinski definition) is 4. The number of carbonyl (C=O) groups excluding carboxylic acids is 2. The Hall–Kier alpha value is -2.60. The van der Waals surface area contributed by atoms with Gasteiger partial charge in [0, 0.05) is 23.1 Å². The van der Waals surface area contributed by atoms with Gasteiger partial charge in [-0.05, 0) is 48.2 Å². The Bertz CT molecular complexity index is 710. The van der Waals surface area contributed by atoms with E-state index in [-0.39, 0.29) is 11.8 Å². The van der Waals surface area contributed by atoms with Crippen LogP contribution >= 0.6 is 11.8 Å². The Morgan fingerprint density at radius 3 is 2.26 bits per heavy atom. The maximum absolute atomic E-state index is 12.0. The molecule has 6 heteroatoms. The number of benzene rings is 2. The van der Waals surface area contributed by atoms with Gasteiger partial charge in [0.15, 0.2) is 0 Å². The van der Waals surface area contributed by atoms with Gasteiger partial charge in [0.1, 0.15) is 0 Å². The summed E-state index contributed by atoms with van der Waals surface area (Å²) in [5, 5.41) is 6.59. The number of hydrogen-bond donors (Lipinski definition) is 2. The molecule has 23 heavy (non-hydrogen) atoms. The quantitative estimate of drug-likeness (QED) is 0.503. The van der Waals surface area contributed by atoms with E-state index in [1.54, 1.807) is 42.2 Å². The van der Waals surface area contributed by atoms with Gasteiger partial charge in [-0.1, -0.05) is 12.1 Å². The number of amides is 2. The van der Waals surface area contributed by atoms with Crippen molar-refractivity contribution in [3.8, 4) is 0 Å². The van der Waals surface area contributed by atoms with Gasteiger partial charge >= 0.3 is 0 Å². The van der Waals surface area contributed by atoms with Crippen molar-refractivity contribution in [2.45, 2.75) is 11.8 Å². The maximum Gasteiger partial charge on any atom is 0.271 e. The average molecular weight is 327 g/mol. The minimum atomic E-state index is -0.309. The third-order valence-corrected chi connectivity index (χ3v) is 3.71. The van der Waals surface area contributed by atoms with Crippen molar-refractivity contribution < 1.29 is 9.59 Å². The number of nitrogens with zero attached hydrogens (tertiary/aromatic N) is 1. The van der Waals surface area contributed by atoms with E-state index in [0.29, 0.717) is 11.3 Å². The van der Waals surface area contributed by atoms with Crippen LogP contribution in [0.4, 0.5) is 5.69 Å². The molecule has 0 aliphatic carbocycles. The number of rotatable bonds is 5. The summed E-state index contributed by atoms with van der Waals surface area (Å²) in [6.45, 7) is 1.43. The molecule has 2 aromatic rings. The van der Waals surface area contributed by atoms with Gasteiger partial charge in [-0.15, -0.1) is 11.8 Å². The van der Waals surface area contributed by atoms with Crippen LogP contribution in [0.25, 0.3) is 0 Å². The summed E-state index contributed by atoms with van der Waals surface area (Å²) in [5.74, 6) is -0.462. The SMILES string of the molecule is CSc1ccc(/C=N\NC(=O)c2ccc(NC(C)=O)cc2)cc1. The zero-order chi connectivity index (χ0) is 16.7. The Morgan fingerprint density at radius 1 is 1.04 bits per heavy atom. The number of hydrazone groups is 1. The Morgan fingerprint density at radius 2 is 1.70 bits per heavy atom. The minimum Gasteiger partial charge on any atom is -0.326 e. The summed E-state index contributed by atoms with van der Waals surface area (Å²) < 4.78 is 0. The van der Waals surface area contributed by atoms with Crippen LogP contribution in [0.1, 0.15) is 22.8 Å². The fourth-order valence-electron chi connectivity index (χ4n) is 1.83. The van der Waals surface area contributed by atoms with Gasteiger partial charge in [0.25, 0.3) is 5.91 Å². The zero-order valence-electron chi connectivity index (χ0n) is 12.9. The first kappa shape index (κ1) is 16.8. The minimum absolute atomic E-state index is 0.153. The lowest BCUT2D eigenvalue weighted by Crippen LogP contribution is -2.17. The second-order valence-electron chi connectivity index (χ2n) is 4.73. The number of carbonyl (C=O) groups is 2. The van der Waals surface area contributed by atoms with Crippen molar-refractivity contribution in [1.82, 2.24) is 5.43 Å². The molecule has 0 saturated carbocycles. The van der Waals surface area contributed by atoms with Crippen molar-refractivity contribution in [3.63, 3.8) is 0 Å². The first-order chi connectivity index (χ1) is 11.1. The predicted molar refractivity (Wildman–Crippen MR) is 94.0 cm³/mol. The molecule has 0 spiro atoms. The van der Waals surface area contributed by atoms with Crippen LogP contribution in [-0.2, 0) is 4.79 Å². The second-order valence-corrected chi connectivity index (χ2v) is 5.61. The van der Waals surface area contributed by atoms with Crippen molar-refractivity contribution >= 4 is 35.5 Å². The lowest BCUT2D eigenvalue weighted by molar-refractivity contribution is -0.114. The third-order valence-electron chi connectivity index (χ3n) is 2.96. The van der Waals surface area contributed by atoms with E-state index < -0.39 is 0 Å². The first-order valence-electron chi connectivity index (χ1n) is 6.93. The first-order valence-corrected chi connectivity index (χ1v) is 8.16. The molecule has 0 aromatic heterocycles. The molecule has 2 N–H and O–H groups in total. The molecule has 0 aliphatic rings. The summed E-state index contributed by atoms with van der Waals surface area (Å²) in [7, 11) is 0. The maximum atomic E-state index is 12.0. The lowest BCUT2D eigenvalue weighted by Gasteiger charge is -2.03. The molecule has 0 saturated heterocycles. The molecule has 0 aliphatic heterocycles. The summed E-state index contributed by atoms with van der Waals surface area (Å²) in [6.07, 6.45) is 3.61. The highest BCUT2D eigenvalue weighted by atomic mass is 32.2. The largest absolute Gasteiger partial charge is 0.326 e. The molecule has 0 fully saturated rings. The summed E-state index contributed by atoms with van der Waals surface area (Å²) in [4.78, 5) is 24.1. The van der Waals surface area contributed by atoms with Crippen LogP contribution in [0.3, 0.4) is 0 Å². The highest BCUT2D eigenvalue weighted by Crippen LogP contribution is 2.14. The van der Waals surface area contributed by atoms with Crippen LogP contribution in [0, 0.1) is 0 Å². The van der Waals surface area contributed by atoms with Crippen LogP contribution in [-0.4, -0.2) is 24.3 Å². The van der Waals surface area contributed by atoms with Crippen LogP contribution < -0.4 is 10.7 Å². The van der Waals surface area contributed by atoms with Gasteiger partial charge in [0.05, 0.1) is 6.21 Å². The van der Waals surface area contributed by atoms with Crippen molar-refractivity contribution in [2.24, 2.45) is 5.10 Å². The average Bonchev–Trinajstić information content (AvgIpc) is 2.55. The predicted octanol–water partition coefficient (Wildman–Crippen LogP) is 3.13. The monoisotopic (exact) mass is 327 g/mol. The van der Waals surface area contributed by atoms with E-state index in [2.05, 4.69) is 15.8 Å². The fraction of sp³-hybridized carbons (Fsp3) is 0.118. The standard InChI is InChI=1S/C17H17N3O2S/c1-12(21)19-15-7-5-14(6-8-15)17(22)20-18-11-13-3-9-16(23-2)10-4-13/h3-11H,1-2H3,(H,19,21)(H,20,22)/b18-11-. The van der Waals surface area contributed by atoms with Crippen LogP contribution in [0.5, 0.6) is 0 Å². The third kappa shape index (κ3) is 5.27. The van der Waals surface area contributed by atoms with Crippen molar-refractivity contribution in [1.29, 1.82) is 0 Å². The van der Waals surface area contributed by atoms with E-state index >= 15 is 0 Å². The lowest BCUT2D eigenvalue weighted by atomic mass is 10.2. The van der Waals surface area contributed by atoms with Gasteiger partial charge in [-0.3, -0.25) is 9.59 Å². The number of anilines is 1. The molecule has 2 aromatic carbocycles. The summed E-state index contributed by atoms with van der Waals surface area (Å²) >= 11 is 1.67. The van der Waals surface area contributed by atoms with E-state index in [9.17, 15) is 9.59 Å². The summed E-state index contributed by atoms with van der Waals surface area (Å²) in [5.41, 5.74) is 4.49. The van der Waals surface area contributed by atoms with Gasteiger partial charge < -0.3 is 5.32 Å². The molecule has 0 heterocycles. The molecule has 0 radical (unpaired) electrons. The van der Waals surface area contributed by atoms with E-state index in [0.717, 1.165) is 5.56 Å².